The Morgan fingerprint density at radius 2 is 2.33 bits per heavy atom. The van der Waals surface area contributed by atoms with Crippen LogP contribution in [-0.4, -0.2) is 15.7 Å². The van der Waals surface area contributed by atoms with E-state index < -0.39 is 0 Å². The van der Waals surface area contributed by atoms with E-state index in [0.29, 0.717) is 5.69 Å². The van der Waals surface area contributed by atoms with Gasteiger partial charge in [-0.1, -0.05) is 0 Å². The fourth-order valence-electron chi connectivity index (χ4n) is 1.16. The monoisotopic (exact) mass is 180 g/mol. The number of carbonyl (C=O) groups is 1. The van der Waals surface area contributed by atoms with Crippen LogP contribution in [0.25, 0.3) is 4.83 Å². The van der Waals surface area contributed by atoms with Gasteiger partial charge in [0.15, 0.2) is 6.29 Å². The summed E-state index contributed by atoms with van der Waals surface area (Å²) in [4.78, 5) is 16.7. The van der Waals surface area contributed by atoms with Crippen LogP contribution in [-0.2, 0) is 0 Å². The number of fused-ring (bicyclic) bond motifs is 1. The number of hydrogen-bond donors (Lipinski definition) is 0. The molecule has 2 aromatic rings. The summed E-state index contributed by atoms with van der Waals surface area (Å²) in [6, 6.07) is 0. The van der Waals surface area contributed by atoms with Crippen LogP contribution in [0.2, 0.25) is 0 Å². The van der Waals surface area contributed by atoms with Crippen molar-refractivity contribution < 1.29 is 4.79 Å². The molecule has 0 unspecified atom stereocenters. The van der Waals surface area contributed by atoms with Crippen molar-refractivity contribution in [2.24, 2.45) is 0 Å². The van der Waals surface area contributed by atoms with Crippen molar-refractivity contribution in [3.8, 4) is 0 Å². The van der Waals surface area contributed by atoms with E-state index in [4.69, 9.17) is 0 Å². The lowest BCUT2D eigenvalue weighted by molar-refractivity contribution is 0.112. The van der Waals surface area contributed by atoms with E-state index >= 15 is 0 Å². The first-order valence-corrected chi connectivity index (χ1v) is 4.44. The summed E-state index contributed by atoms with van der Waals surface area (Å²) in [5.41, 5.74) is 1.70. The molecule has 2 heterocycles. The minimum atomic E-state index is 0.538. The molecule has 0 radical (unpaired) electrons. The smallest absolute Gasteiger partial charge is 0.171 e. The maximum absolute atomic E-state index is 10.5. The molecule has 0 fully saturated rings. The average molecular weight is 180 g/mol. The highest BCUT2D eigenvalue weighted by atomic mass is 32.1. The number of hydrogen-bond acceptors (Lipinski definition) is 3. The van der Waals surface area contributed by atoms with Crippen molar-refractivity contribution in [3.05, 3.63) is 22.6 Å². The molecule has 0 saturated carbocycles. The maximum atomic E-state index is 10.5. The van der Waals surface area contributed by atoms with E-state index in [1.807, 2.05) is 18.2 Å². The van der Waals surface area contributed by atoms with Gasteiger partial charge in [-0.25, -0.2) is 4.98 Å². The van der Waals surface area contributed by atoms with Crippen LogP contribution in [0.15, 0.2) is 6.33 Å². The van der Waals surface area contributed by atoms with Gasteiger partial charge in [-0.2, -0.15) is 0 Å². The Morgan fingerprint density at radius 1 is 1.58 bits per heavy atom. The lowest BCUT2D eigenvalue weighted by atomic mass is 10.4. The summed E-state index contributed by atoms with van der Waals surface area (Å²) in [5.74, 6) is 0. The van der Waals surface area contributed by atoms with E-state index in [1.54, 1.807) is 17.7 Å². The van der Waals surface area contributed by atoms with Crippen LogP contribution < -0.4 is 0 Å². The molecule has 0 N–H and O–H groups in total. The first-order chi connectivity index (χ1) is 5.74. The molecular formula is C8H8N2OS. The van der Waals surface area contributed by atoms with E-state index in [2.05, 4.69) is 4.98 Å². The van der Waals surface area contributed by atoms with Crippen molar-refractivity contribution in [2.45, 2.75) is 13.8 Å². The van der Waals surface area contributed by atoms with E-state index in [9.17, 15) is 4.79 Å². The third-order valence-electron chi connectivity index (χ3n) is 1.98. The fraction of sp³-hybridized carbons (Fsp3) is 0.250. The predicted octanol–water partition coefficient (Wildman–Crippen LogP) is 1.83. The second-order valence-corrected chi connectivity index (χ2v) is 3.87. The Hall–Kier alpha value is -1.16. The van der Waals surface area contributed by atoms with Crippen LogP contribution in [0.3, 0.4) is 0 Å². The molecule has 12 heavy (non-hydrogen) atoms. The molecule has 4 heteroatoms. The third-order valence-corrected chi connectivity index (χ3v) is 3.18. The highest BCUT2D eigenvalue weighted by Crippen LogP contribution is 2.23. The molecule has 0 bridgehead atoms. The number of aldehydes is 1. The van der Waals surface area contributed by atoms with Crippen molar-refractivity contribution in [1.82, 2.24) is 9.38 Å². The molecule has 0 spiro atoms. The lowest BCUT2D eigenvalue weighted by Gasteiger charge is -1.86. The van der Waals surface area contributed by atoms with Crippen LogP contribution in [0, 0.1) is 13.8 Å². The minimum absolute atomic E-state index is 0.538. The molecule has 0 aliphatic heterocycles. The Kier molecular flexibility index (Phi) is 1.51. The van der Waals surface area contributed by atoms with Crippen LogP contribution in [0.5, 0.6) is 0 Å². The number of nitrogens with zero attached hydrogens (tertiary/aromatic N) is 2. The summed E-state index contributed by atoms with van der Waals surface area (Å²) in [6.07, 6.45) is 2.49. The van der Waals surface area contributed by atoms with Crippen molar-refractivity contribution in [3.63, 3.8) is 0 Å². The summed E-state index contributed by atoms with van der Waals surface area (Å²) in [5, 5.41) is 0. The molecule has 62 valence electrons. The SMILES string of the molecule is Cc1sc2c(C=O)ncn2c1C. The number of rotatable bonds is 1. The summed E-state index contributed by atoms with van der Waals surface area (Å²) < 4.78 is 1.95. The van der Waals surface area contributed by atoms with Gasteiger partial charge >= 0.3 is 0 Å². The highest BCUT2D eigenvalue weighted by Gasteiger charge is 2.09. The van der Waals surface area contributed by atoms with Gasteiger partial charge < -0.3 is 0 Å². The normalized spacial score (nSPS) is 10.8. The summed E-state index contributed by atoms with van der Waals surface area (Å²) >= 11 is 1.61. The Labute approximate surface area is 73.7 Å². The largest absolute Gasteiger partial charge is 0.296 e. The second-order valence-electron chi connectivity index (χ2n) is 2.67. The van der Waals surface area contributed by atoms with Crippen LogP contribution in [0.1, 0.15) is 21.1 Å². The van der Waals surface area contributed by atoms with Crippen LogP contribution >= 0.6 is 11.3 Å². The van der Waals surface area contributed by atoms with Gasteiger partial charge in [0, 0.05) is 10.6 Å². The van der Waals surface area contributed by atoms with Crippen molar-refractivity contribution in [2.75, 3.05) is 0 Å². The maximum Gasteiger partial charge on any atom is 0.171 e. The minimum Gasteiger partial charge on any atom is -0.296 e. The van der Waals surface area contributed by atoms with Gasteiger partial charge in [0.05, 0.1) is 0 Å². The molecular weight excluding hydrogens is 172 g/mol. The molecule has 2 rings (SSSR count). The summed E-state index contributed by atoms with van der Waals surface area (Å²) in [7, 11) is 0. The molecule has 0 saturated heterocycles. The van der Waals surface area contributed by atoms with Gasteiger partial charge in [-0.05, 0) is 13.8 Å². The van der Waals surface area contributed by atoms with E-state index in [-0.39, 0.29) is 0 Å². The molecule has 0 aromatic carbocycles. The Bertz CT molecular complexity index is 441. The van der Waals surface area contributed by atoms with Gasteiger partial charge in [0.1, 0.15) is 16.9 Å². The zero-order chi connectivity index (χ0) is 8.72. The quantitative estimate of drug-likeness (QED) is 0.627. The molecule has 0 aliphatic carbocycles. The fourth-order valence-corrected chi connectivity index (χ4v) is 2.18. The van der Waals surface area contributed by atoms with Crippen molar-refractivity contribution in [1.29, 1.82) is 0 Å². The average Bonchev–Trinajstić information content (AvgIpc) is 2.55. The predicted molar refractivity (Wildman–Crippen MR) is 47.9 cm³/mol. The zero-order valence-electron chi connectivity index (χ0n) is 6.87. The lowest BCUT2D eigenvalue weighted by Crippen LogP contribution is -1.81. The number of aryl methyl sites for hydroxylation is 2. The molecule has 0 amide bonds. The summed E-state index contributed by atoms with van der Waals surface area (Å²) in [6.45, 7) is 4.07. The number of carbonyl (C=O) groups excluding carboxylic acids is 1. The van der Waals surface area contributed by atoms with Gasteiger partial charge in [0.2, 0.25) is 0 Å². The van der Waals surface area contributed by atoms with Gasteiger partial charge in [0.25, 0.3) is 0 Å². The van der Waals surface area contributed by atoms with Crippen molar-refractivity contribution >= 4 is 22.5 Å². The zero-order valence-corrected chi connectivity index (χ0v) is 7.68. The Balaban J connectivity index is 2.88. The van der Waals surface area contributed by atoms with E-state index in [1.165, 1.54) is 4.88 Å². The molecule has 0 aliphatic rings. The number of imidazole rings is 1. The number of aromatic nitrogens is 2. The molecule has 3 nitrogen and oxygen atoms in total. The topological polar surface area (TPSA) is 34.4 Å². The Morgan fingerprint density at radius 3 is 3.00 bits per heavy atom. The molecule has 0 atom stereocenters. The van der Waals surface area contributed by atoms with Gasteiger partial charge in [-0.3, -0.25) is 9.20 Å². The standard InChI is InChI=1S/C8H8N2OS/c1-5-6(2)12-8-7(3-11)9-4-10(5)8/h3-4H,1-2H3. The third kappa shape index (κ3) is 0.814. The highest BCUT2D eigenvalue weighted by molar-refractivity contribution is 7.17. The van der Waals surface area contributed by atoms with Crippen LogP contribution in [0.4, 0.5) is 0 Å². The number of thiazole rings is 1. The molecule has 2 aromatic heterocycles. The van der Waals surface area contributed by atoms with Gasteiger partial charge in [-0.15, -0.1) is 11.3 Å². The first kappa shape index (κ1) is 7.49. The second kappa shape index (κ2) is 2.42. The van der Waals surface area contributed by atoms with E-state index in [0.717, 1.165) is 16.8 Å². The first-order valence-electron chi connectivity index (χ1n) is 3.62.